The first kappa shape index (κ1) is 15.3. The van der Waals surface area contributed by atoms with Crippen LogP contribution in [0.2, 0.25) is 18.1 Å². The van der Waals surface area contributed by atoms with Crippen LogP contribution in [-0.4, -0.2) is 29.6 Å². The molecule has 0 aliphatic heterocycles. The van der Waals surface area contributed by atoms with Gasteiger partial charge in [-0.1, -0.05) is 33.9 Å². The summed E-state index contributed by atoms with van der Waals surface area (Å²) < 4.78 is 16.0. The molecule has 0 aliphatic rings. The third-order valence-electron chi connectivity index (χ3n) is 4.56. The van der Waals surface area contributed by atoms with E-state index in [1.807, 2.05) is 6.20 Å². The summed E-state index contributed by atoms with van der Waals surface area (Å²) >= 11 is 0. The fourth-order valence-corrected chi connectivity index (χ4v) is 4.29. The Kier molecular flexibility index (Phi) is 3.61. The second-order valence-electron chi connectivity index (χ2n) is 6.76. The quantitative estimate of drug-likeness (QED) is 0.835. The monoisotopic (exact) mass is 293 g/mol. The normalized spacial score (nSPS) is 13.0. The first-order valence-electron chi connectivity index (χ1n) is 6.73. The molecular formula is C14H21BFNO2Si. The van der Waals surface area contributed by atoms with Crippen molar-refractivity contribution in [1.29, 1.82) is 0 Å². The predicted molar refractivity (Wildman–Crippen MR) is 84.3 cm³/mol. The molecule has 6 heteroatoms. The molecule has 0 saturated heterocycles. The van der Waals surface area contributed by atoms with Gasteiger partial charge >= 0.3 is 7.12 Å². The van der Waals surface area contributed by atoms with Gasteiger partial charge in [0.15, 0.2) is 8.24 Å². The molecule has 0 aliphatic carbocycles. The van der Waals surface area contributed by atoms with Crippen molar-refractivity contribution in [3.63, 3.8) is 0 Å². The summed E-state index contributed by atoms with van der Waals surface area (Å²) in [6, 6.07) is 4.80. The van der Waals surface area contributed by atoms with E-state index >= 15 is 0 Å². The van der Waals surface area contributed by atoms with Crippen molar-refractivity contribution in [2.24, 2.45) is 0 Å². The van der Waals surface area contributed by atoms with Gasteiger partial charge in [0.25, 0.3) is 0 Å². The van der Waals surface area contributed by atoms with E-state index in [2.05, 4.69) is 38.1 Å². The van der Waals surface area contributed by atoms with E-state index in [0.717, 1.165) is 5.52 Å². The lowest BCUT2D eigenvalue weighted by atomic mass is 9.77. The van der Waals surface area contributed by atoms with Gasteiger partial charge in [-0.05, 0) is 29.4 Å². The van der Waals surface area contributed by atoms with Crippen molar-refractivity contribution in [2.75, 3.05) is 0 Å². The average molecular weight is 293 g/mol. The Morgan fingerprint density at radius 3 is 2.25 bits per heavy atom. The minimum atomic E-state index is -1.84. The van der Waals surface area contributed by atoms with Crippen molar-refractivity contribution >= 4 is 31.7 Å². The zero-order valence-electron chi connectivity index (χ0n) is 12.6. The number of benzene rings is 1. The Bertz CT molecular complexity index is 646. The summed E-state index contributed by atoms with van der Waals surface area (Å²) in [5.74, 6) is -0.583. The third kappa shape index (κ3) is 2.21. The molecule has 2 aromatic rings. The van der Waals surface area contributed by atoms with Crippen LogP contribution in [-0.2, 0) is 0 Å². The minimum Gasteiger partial charge on any atom is -0.423 e. The maximum atomic E-state index is 13.8. The van der Waals surface area contributed by atoms with Crippen LogP contribution >= 0.6 is 0 Å². The van der Waals surface area contributed by atoms with Crippen LogP contribution in [0.3, 0.4) is 0 Å². The molecule has 0 bridgehead atoms. The summed E-state index contributed by atoms with van der Waals surface area (Å²) in [6.45, 7) is 11.1. The minimum absolute atomic E-state index is 0.0417. The number of fused-ring (bicyclic) bond motifs is 1. The van der Waals surface area contributed by atoms with Gasteiger partial charge in [-0.25, -0.2) is 4.39 Å². The zero-order chi connectivity index (χ0) is 15.3. The Hall–Kier alpha value is -1.11. The van der Waals surface area contributed by atoms with Crippen LogP contribution in [0.25, 0.3) is 10.9 Å². The van der Waals surface area contributed by atoms with Gasteiger partial charge in [-0.3, -0.25) is 0 Å². The highest BCUT2D eigenvalue weighted by molar-refractivity contribution is 6.79. The number of aromatic nitrogens is 1. The number of halogens is 1. The molecule has 0 unspecified atom stereocenters. The first-order valence-corrected chi connectivity index (χ1v) is 9.68. The molecule has 0 fully saturated rings. The van der Waals surface area contributed by atoms with Gasteiger partial charge in [0.2, 0.25) is 0 Å². The number of nitrogens with zero attached hydrogens (tertiary/aromatic N) is 1. The van der Waals surface area contributed by atoms with E-state index in [0.29, 0.717) is 5.39 Å². The molecule has 0 radical (unpaired) electrons. The molecule has 0 atom stereocenters. The van der Waals surface area contributed by atoms with Crippen LogP contribution in [0.5, 0.6) is 0 Å². The average Bonchev–Trinajstić information content (AvgIpc) is 2.70. The molecule has 1 heterocycles. The second kappa shape index (κ2) is 4.72. The summed E-state index contributed by atoms with van der Waals surface area (Å²) in [5.41, 5.74) is 0.820. The highest BCUT2D eigenvalue weighted by atomic mass is 28.3. The summed E-state index contributed by atoms with van der Waals surface area (Å²) in [5, 5.41) is 19.5. The number of rotatable bonds is 2. The molecule has 0 spiro atoms. The number of hydrogen-bond donors (Lipinski definition) is 2. The Labute approximate surface area is 120 Å². The molecule has 0 saturated carbocycles. The summed E-state index contributed by atoms with van der Waals surface area (Å²) in [7, 11) is -3.63. The van der Waals surface area contributed by atoms with Gasteiger partial charge < -0.3 is 14.3 Å². The van der Waals surface area contributed by atoms with Crippen molar-refractivity contribution in [3.05, 3.63) is 30.2 Å². The lowest BCUT2D eigenvalue weighted by molar-refractivity contribution is 0.423. The van der Waals surface area contributed by atoms with E-state index in [-0.39, 0.29) is 10.5 Å². The van der Waals surface area contributed by atoms with Crippen LogP contribution in [0.4, 0.5) is 4.39 Å². The lowest BCUT2D eigenvalue weighted by Gasteiger charge is -2.38. The number of hydrogen-bond acceptors (Lipinski definition) is 2. The predicted octanol–water partition coefficient (Wildman–Crippen LogP) is 2.31. The van der Waals surface area contributed by atoms with Crippen LogP contribution < -0.4 is 5.46 Å². The van der Waals surface area contributed by atoms with E-state index in [1.165, 1.54) is 6.07 Å². The van der Waals surface area contributed by atoms with Crippen molar-refractivity contribution < 1.29 is 14.4 Å². The van der Waals surface area contributed by atoms with Gasteiger partial charge in [0.05, 0.1) is 0 Å². The van der Waals surface area contributed by atoms with E-state index in [1.54, 1.807) is 12.1 Å². The molecule has 20 heavy (non-hydrogen) atoms. The topological polar surface area (TPSA) is 45.4 Å². The van der Waals surface area contributed by atoms with Crippen LogP contribution in [0.1, 0.15) is 20.8 Å². The lowest BCUT2D eigenvalue weighted by Crippen LogP contribution is -2.45. The van der Waals surface area contributed by atoms with E-state index in [4.69, 9.17) is 0 Å². The fourth-order valence-electron chi connectivity index (χ4n) is 2.32. The largest absolute Gasteiger partial charge is 0.492 e. The van der Waals surface area contributed by atoms with E-state index in [9.17, 15) is 14.4 Å². The second-order valence-corrected chi connectivity index (χ2v) is 11.9. The third-order valence-corrected chi connectivity index (χ3v) is 9.82. The Balaban J connectivity index is 2.75. The summed E-state index contributed by atoms with van der Waals surface area (Å²) in [6.07, 6.45) is 1.94. The smallest absolute Gasteiger partial charge is 0.423 e. The molecule has 3 nitrogen and oxygen atoms in total. The molecule has 0 amide bonds. The van der Waals surface area contributed by atoms with Crippen molar-refractivity contribution in [3.8, 4) is 0 Å². The van der Waals surface area contributed by atoms with Gasteiger partial charge in [0, 0.05) is 16.4 Å². The highest BCUT2D eigenvalue weighted by Gasteiger charge is 2.38. The van der Waals surface area contributed by atoms with Gasteiger partial charge in [0.1, 0.15) is 5.82 Å². The fraction of sp³-hybridized carbons (Fsp3) is 0.429. The van der Waals surface area contributed by atoms with Gasteiger partial charge in [-0.15, -0.1) is 0 Å². The molecule has 1 aromatic carbocycles. The molecule has 108 valence electrons. The molecule has 1 aromatic heterocycles. The summed E-state index contributed by atoms with van der Waals surface area (Å²) in [4.78, 5) is 0. The SMILES string of the molecule is CC(C)(C)[Si](C)(C)n1ccc2c(B(O)O)c(F)ccc21. The van der Waals surface area contributed by atoms with Crippen LogP contribution in [0.15, 0.2) is 24.4 Å². The molecular weight excluding hydrogens is 272 g/mol. The van der Waals surface area contributed by atoms with Crippen LogP contribution in [0, 0.1) is 5.82 Å². The standard InChI is InChI=1S/C14H21BFNO2Si/c1-14(2,3)20(4,5)17-9-8-10-12(17)7-6-11(16)13(10)15(18)19/h6-9,18-19H,1-5H3. The highest BCUT2D eigenvalue weighted by Crippen LogP contribution is 2.38. The van der Waals surface area contributed by atoms with Crippen molar-refractivity contribution in [1.82, 2.24) is 4.23 Å². The zero-order valence-corrected chi connectivity index (χ0v) is 13.6. The van der Waals surface area contributed by atoms with E-state index < -0.39 is 21.2 Å². The first-order chi connectivity index (χ1) is 9.07. The van der Waals surface area contributed by atoms with Gasteiger partial charge in [-0.2, -0.15) is 0 Å². The Morgan fingerprint density at radius 1 is 1.15 bits per heavy atom. The molecule has 2 rings (SSSR count). The maximum absolute atomic E-state index is 13.8. The Morgan fingerprint density at radius 2 is 1.75 bits per heavy atom. The maximum Gasteiger partial charge on any atom is 0.492 e. The molecule has 2 N–H and O–H groups in total. The van der Waals surface area contributed by atoms with Crippen molar-refractivity contribution in [2.45, 2.75) is 38.9 Å².